The molecule has 0 aromatic heterocycles. The highest BCUT2D eigenvalue weighted by Gasteiger charge is 2.29. The lowest BCUT2D eigenvalue weighted by Crippen LogP contribution is -2.46. The molecule has 0 radical (unpaired) electrons. The molecule has 1 aliphatic carbocycles. The van der Waals surface area contributed by atoms with Gasteiger partial charge in [-0.25, -0.2) is 0 Å². The van der Waals surface area contributed by atoms with E-state index >= 15 is 0 Å². The number of hydrogen-bond acceptors (Lipinski definition) is 6. The normalized spacial score (nSPS) is 20.8. The van der Waals surface area contributed by atoms with Crippen molar-refractivity contribution in [3.63, 3.8) is 0 Å². The lowest BCUT2D eigenvalue weighted by molar-refractivity contribution is 0.172. The van der Waals surface area contributed by atoms with Gasteiger partial charge in [0.25, 0.3) is 0 Å². The number of piperidine rings is 1. The molecule has 29 heavy (non-hydrogen) atoms. The van der Waals surface area contributed by atoms with Gasteiger partial charge in [0.15, 0.2) is 23.0 Å². The van der Waals surface area contributed by atoms with Crippen molar-refractivity contribution in [1.29, 1.82) is 0 Å². The number of hydrogen-bond donors (Lipinski definition) is 1. The molecule has 0 spiro atoms. The van der Waals surface area contributed by atoms with Gasteiger partial charge in [0.05, 0.1) is 5.69 Å². The Morgan fingerprint density at radius 1 is 0.793 bits per heavy atom. The number of para-hydroxylation sites is 1. The Bertz CT molecular complexity index is 890. The van der Waals surface area contributed by atoms with Crippen molar-refractivity contribution < 1.29 is 18.9 Å². The van der Waals surface area contributed by atoms with Gasteiger partial charge in [0.2, 0.25) is 6.79 Å². The molecule has 6 nitrogen and oxygen atoms in total. The van der Waals surface area contributed by atoms with Gasteiger partial charge >= 0.3 is 0 Å². The molecule has 2 aromatic carbocycles. The lowest BCUT2D eigenvalue weighted by Gasteiger charge is -2.36. The number of nitrogens with zero attached hydrogens (tertiary/aromatic N) is 1. The minimum atomic E-state index is 0.347. The zero-order valence-electron chi connectivity index (χ0n) is 16.5. The van der Waals surface area contributed by atoms with E-state index in [1.165, 1.54) is 16.8 Å². The fourth-order valence-electron chi connectivity index (χ4n) is 5.05. The SMILES string of the molecule is c1cc2c(c(N3CCC(NC4Cc5cc6c(cc5C4)OCO6)CC3)c1)OCCO2. The number of nitrogens with one attached hydrogen (secondary N) is 1. The second kappa shape index (κ2) is 7.02. The minimum absolute atomic E-state index is 0.347. The standard InChI is InChI=1S/C23H26N2O4/c1-2-19(23-20(3-1)26-8-9-27-23)25-6-4-17(5-7-25)24-18-10-15-12-21-22(29-14-28-21)13-16(15)11-18/h1-3,12-13,17-18,24H,4-11,14H2. The first-order chi connectivity index (χ1) is 14.3. The van der Waals surface area contributed by atoms with Gasteiger partial charge in [-0.1, -0.05) is 6.07 Å². The van der Waals surface area contributed by atoms with Gasteiger partial charge in [-0.15, -0.1) is 0 Å². The maximum absolute atomic E-state index is 5.91. The second-order valence-electron chi connectivity index (χ2n) is 8.31. The van der Waals surface area contributed by atoms with Gasteiger partial charge in [-0.05, 0) is 61.1 Å². The van der Waals surface area contributed by atoms with Crippen molar-refractivity contribution in [1.82, 2.24) is 5.32 Å². The van der Waals surface area contributed by atoms with Crippen LogP contribution in [-0.2, 0) is 12.8 Å². The van der Waals surface area contributed by atoms with Gasteiger partial charge < -0.3 is 29.2 Å². The molecule has 152 valence electrons. The summed E-state index contributed by atoms with van der Waals surface area (Å²) >= 11 is 0. The summed E-state index contributed by atoms with van der Waals surface area (Å²) in [6, 6.07) is 11.6. The molecule has 1 N–H and O–H groups in total. The van der Waals surface area contributed by atoms with E-state index in [1.54, 1.807) is 0 Å². The van der Waals surface area contributed by atoms with Gasteiger partial charge in [0, 0.05) is 25.2 Å². The van der Waals surface area contributed by atoms with Crippen LogP contribution in [0.1, 0.15) is 24.0 Å². The molecule has 6 heteroatoms. The highest BCUT2D eigenvalue weighted by atomic mass is 16.7. The Hall–Kier alpha value is -2.60. The minimum Gasteiger partial charge on any atom is -0.486 e. The third kappa shape index (κ3) is 3.15. The summed E-state index contributed by atoms with van der Waals surface area (Å²) in [6.45, 7) is 3.68. The Kier molecular flexibility index (Phi) is 4.18. The van der Waals surface area contributed by atoms with E-state index < -0.39 is 0 Å². The van der Waals surface area contributed by atoms with Crippen LogP contribution in [0.3, 0.4) is 0 Å². The summed E-state index contributed by atoms with van der Waals surface area (Å²) in [6.07, 6.45) is 4.42. The second-order valence-corrected chi connectivity index (χ2v) is 8.31. The Morgan fingerprint density at radius 2 is 1.52 bits per heavy atom. The zero-order chi connectivity index (χ0) is 19.2. The van der Waals surface area contributed by atoms with E-state index in [9.17, 15) is 0 Å². The topological polar surface area (TPSA) is 52.2 Å². The van der Waals surface area contributed by atoms with Gasteiger partial charge in [-0.2, -0.15) is 0 Å². The first-order valence-corrected chi connectivity index (χ1v) is 10.6. The van der Waals surface area contributed by atoms with Crippen LogP contribution in [-0.4, -0.2) is 45.2 Å². The quantitative estimate of drug-likeness (QED) is 0.864. The first kappa shape index (κ1) is 17.3. The Balaban J connectivity index is 1.08. The van der Waals surface area contributed by atoms with Gasteiger partial charge in [0.1, 0.15) is 13.2 Å². The first-order valence-electron chi connectivity index (χ1n) is 10.6. The number of anilines is 1. The summed E-state index contributed by atoms with van der Waals surface area (Å²) in [5.74, 6) is 3.58. The summed E-state index contributed by atoms with van der Waals surface area (Å²) in [5.41, 5.74) is 3.97. The van der Waals surface area contributed by atoms with Gasteiger partial charge in [-0.3, -0.25) is 0 Å². The average Bonchev–Trinajstić information content (AvgIpc) is 3.37. The number of rotatable bonds is 3. The number of benzene rings is 2. The molecule has 2 aromatic rings. The maximum Gasteiger partial charge on any atom is 0.231 e. The molecule has 3 heterocycles. The van der Waals surface area contributed by atoms with E-state index in [-0.39, 0.29) is 0 Å². The molecule has 0 atom stereocenters. The Morgan fingerprint density at radius 3 is 2.28 bits per heavy atom. The fraction of sp³-hybridized carbons (Fsp3) is 0.478. The summed E-state index contributed by atoms with van der Waals surface area (Å²) in [7, 11) is 0. The lowest BCUT2D eigenvalue weighted by atomic mass is 10.0. The molecular formula is C23H26N2O4. The summed E-state index contributed by atoms with van der Waals surface area (Å²) < 4.78 is 22.7. The molecule has 6 rings (SSSR count). The highest BCUT2D eigenvalue weighted by molar-refractivity contribution is 5.65. The molecule has 3 aliphatic heterocycles. The smallest absolute Gasteiger partial charge is 0.231 e. The third-order valence-corrected chi connectivity index (χ3v) is 6.48. The molecule has 0 unspecified atom stereocenters. The molecule has 0 amide bonds. The van der Waals surface area contributed by atoms with Crippen LogP contribution in [0.2, 0.25) is 0 Å². The maximum atomic E-state index is 5.91. The number of ether oxygens (including phenoxy) is 4. The van der Waals surface area contributed by atoms with E-state index in [4.69, 9.17) is 18.9 Å². The van der Waals surface area contributed by atoms with Crippen molar-refractivity contribution in [3.8, 4) is 23.0 Å². The van der Waals surface area contributed by atoms with Crippen LogP contribution in [0.5, 0.6) is 23.0 Å². The molecule has 1 saturated heterocycles. The largest absolute Gasteiger partial charge is 0.486 e. The van der Waals surface area contributed by atoms with Crippen molar-refractivity contribution in [2.45, 2.75) is 37.8 Å². The van der Waals surface area contributed by atoms with Crippen LogP contribution in [0.4, 0.5) is 5.69 Å². The molecule has 1 fully saturated rings. The summed E-state index contributed by atoms with van der Waals surface area (Å²) in [4.78, 5) is 2.44. The fourth-order valence-corrected chi connectivity index (χ4v) is 5.05. The van der Waals surface area contributed by atoms with Crippen LogP contribution in [0.25, 0.3) is 0 Å². The average molecular weight is 394 g/mol. The number of fused-ring (bicyclic) bond motifs is 3. The summed E-state index contributed by atoms with van der Waals surface area (Å²) in [5, 5.41) is 3.91. The van der Waals surface area contributed by atoms with E-state index in [0.29, 0.717) is 32.1 Å². The van der Waals surface area contributed by atoms with Crippen LogP contribution in [0, 0.1) is 0 Å². The third-order valence-electron chi connectivity index (χ3n) is 6.48. The molecule has 0 bridgehead atoms. The predicted octanol–water partition coefficient (Wildman–Crippen LogP) is 2.91. The van der Waals surface area contributed by atoms with Crippen molar-refractivity contribution in [3.05, 3.63) is 41.5 Å². The predicted molar refractivity (Wildman–Crippen MR) is 110 cm³/mol. The molecular weight excluding hydrogens is 368 g/mol. The van der Waals surface area contributed by atoms with E-state index in [2.05, 4.69) is 34.5 Å². The monoisotopic (exact) mass is 394 g/mol. The highest BCUT2D eigenvalue weighted by Crippen LogP contribution is 2.41. The molecule has 4 aliphatic rings. The van der Waals surface area contributed by atoms with Crippen molar-refractivity contribution in [2.75, 3.05) is 38.0 Å². The van der Waals surface area contributed by atoms with Crippen molar-refractivity contribution >= 4 is 5.69 Å². The molecule has 0 saturated carbocycles. The zero-order valence-corrected chi connectivity index (χ0v) is 16.5. The Labute approximate surface area is 170 Å². The van der Waals surface area contributed by atoms with Crippen LogP contribution < -0.4 is 29.2 Å². The van der Waals surface area contributed by atoms with Crippen LogP contribution >= 0.6 is 0 Å². The van der Waals surface area contributed by atoms with E-state index in [0.717, 1.165) is 61.8 Å². The van der Waals surface area contributed by atoms with Crippen LogP contribution in [0.15, 0.2) is 30.3 Å². The van der Waals surface area contributed by atoms with Crippen molar-refractivity contribution in [2.24, 2.45) is 0 Å². The van der Waals surface area contributed by atoms with E-state index in [1.807, 2.05) is 6.07 Å².